The Kier molecular flexibility index (Phi) is 2.73. The minimum absolute atomic E-state index is 0.0397. The molecule has 0 unspecified atom stereocenters. The van der Waals surface area contributed by atoms with Crippen molar-refractivity contribution in [1.82, 2.24) is 4.98 Å². The van der Waals surface area contributed by atoms with E-state index in [0.29, 0.717) is 6.42 Å². The Hall–Kier alpha value is -1.65. The van der Waals surface area contributed by atoms with Gasteiger partial charge in [0, 0.05) is 17.7 Å². The second-order valence-electron chi connectivity index (χ2n) is 5.54. The van der Waals surface area contributed by atoms with Crippen molar-refractivity contribution >= 4 is 0 Å². The number of hydrogen-bond acceptors (Lipinski definition) is 3. The van der Waals surface area contributed by atoms with E-state index in [4.69, 9.17) is 5.73 Å². The first-order valence-corrected chi connectivity index (χ1v) is 6.53. The minimum Gasteiger partial charge on any atom is -0.392 e. The number of aromatic amines is 1. The second-order valence-corrected chi connectivity index (χ2v) is 5.54. The van der Waals surface area contributed by atoms with Crippen LogP contribution in [-0.2, 0) is 12.0 Å². The first-order chi connectivity index (χ1) is 9.08. The third-order valence-corrected chi connectivity index (χ3v) is 4.42. The summed E-state index contributed by atoms with van der Waals surface area (Å²) in [7, 11) is 0. The van der Waals surface area contributed by atoms with Crippen molar-refractivity contribution in [3.63, 3.8) is 0 Å². The number of nitrogens with one attached hydrogen (secondary N) is 1. The molecule has 0 spiro atoms. The Morgan fingerprint density at radius 2 is 2.37 bits per heavy atom. The van der Waals surface area contributed by atoms with Crippen LogP contribution in [0.3, 0.4) is 0 Å². The molecule has 0 radical (unpaired) electrons. The monoisotopic (exact) mass is 258 g/mol. The molecule has 0 amide bonds. The highest BCUT2D eigenvalue weighted by Gasteiger charge is 2.47. The van der Waals surface area contributed by atoms with E-state index in [2.05, 4.69) is 17.6 Å². The molecule has 0 fully saturated rings. The van der Waals surface area contributed by atoms with Gasteiger partial charge in [-0.3, -0.25) is 4.79 Å². The standard InChI is InChI=1S/C15H18N2O2/c1-2-11-10-5-9(8-18)7-15(11,16)12-3-4-14(19)17-13(12)6-10/h2-5,10-11,18H,1,6-8,16H2,(H,17,19)/t10-,11+,15-/m1/s1. The molecule has 1 heterocycles. The number of rotatable bonds is 2. The molecule has 3 rings (SSSR count). The zero-order valence-corrected chi connectivity index (χ0v) is 10.7. The van der Waals surface area contributed by atoms with Crippen LogP contribution in [0.5, 0.6) is 0 Å². The quantitative estimate of drug-likeness (QED) is 0.687. The number of aliphatic hydroxyl groups excluding tert-OH is 1. The molecule has 3 atom stereocenters. The van der Waals surface area contributed by atoms with Gasteiger partial charge in [0.1, 0.15) is 0 Å². The molecule has 2 aliphatic carbocycles. The van der Waals surface area contributed by atoms with Crippen molar-refractivity contribution in [3.05, 3.63) is 58.0 Å². The SMILES string of the molecule is C=C[C@H]1[C@@H]2C=C(CO)C[C@]1(N)c1ccc(=O)[nH]c1C2. The van der Waals surface area contributed by atoms with Gasteiger partial charge in [-0.2, -0.15) is 0 Å². The van der Waals surface area contributed by atoms with Gasteiger partial charge in [0.25, 0.3) is 0 Å². The smallest absolute Gasteiger partial charge is 0.248 e. The lowest BCUT2D eigenvalue weighted by atomic mass is 9.60. The molecule has 100 valence electrons. The largest absolute Gasteiger partial charge is 0.392 e. The maximum Gasteiger partial charge on any atom is 0.248 e. The van der Waals surface area contributed by atoms with Crippen LogP contribution in [0.2, 0.25) is 0 Å². The van der Waals surface area contributed by atoms with Gasteiger partial charge in [0.2, 0.25) is 5.56 Å². The summed E-state index contributed by atoms with van der Waals surface area (Å²) in [4.78, 5) is 14.4. The number of allylic oxidation sites excluding steroid dienone is 1. The molecule has 4 nitrogen and oxygen atoms in total. The maximum atomic E-state index is 11.5. The maximum absolute atomic E-state index is 11.5. The molecule has 1 aromatic heterocycles. The average Bonchev–Trinajstić information content (AvgIpc) is 2.37. The molecule has 0 saturated heterocycles. The first-order valence-electron chi connectivity index (χ1n) is 6.53. The van der Waals surface area contributed by atoms with Crippen molar-refractivity contribution in [1.29, 1.82) is 0 Å². The Balaban J connectivity index is 2.20. The van der Waals surface area contributed by atoms with Crippen molar-refractivity contribution in [2.45, 2.75) is 18.4 Å². The molecular formula is C15H18N2O2. The summed E-state index contributed by atoms with van der Waals surface area (Å²) < 4.78 is 0. The Labute approximate surface area is 111 Å². The molecule has 4 N–H and O–H groups in total. The van der Waals surface area contributed by atoms with Crippen LogP contribution < -0.4 is 11.3 Å². The van der Waals surface area contributed by atoms with E-state index in [0.717, 1.165) is 23.3 Å². The summed E-state index contributed by atoms with van der Waals surface area (Å²) in [6.07, 6.45) is 5.34. The van der Waals surface area contributed by atoms with Crippen LogP contribution >= 0.6 is 0 Å². The van der Waals surface area contributed by atoms with Gasteiger partial charge < -0.3 is 15.8 Å². The fraction of sp³-hybridized carbons (Fsp3) is 0.400. The molecule has 1 aromatic rings. The summed E-state index contributed by atoms with van der Waals surface area (Å²) in [5.74, 6) is 0.338. The Morgan fingerprint density at radius 1 is 1.58 bits per heavy atom. The van der Waals surface area contributed by atoms with Crippen LogP contribution in [0, 0.1) is 11.8 Å². The lowest BCUT2D eigenvalue weighted by Gasteiger charge is -2.48. The van der Waals surface area contributed by atoms with Crippen molar-refractivity contribution in [3.8, 4) is 0 Å². The predicted octanol–water partition coefficient (Wildman–Crippen LogP) is 0.826. The highest BCUT2D eigenvalue weighted by Crippen LogP contribution is 2.48. The number of hydrogen-bond donors (Lipinski definition) is 3. The third-order valence-electron chi connectivity index (χ3n) is 4.42. The topological polar surface area (TPSA) is 79.1 Å². The van der Waals surface area contributed by atoms with E-state index >= 15 is 0 Å². The van der Waals surface area contributed by atoms with Crippen LogP contribution in [0.15, 0.2) is 41.2 Å². The number of fused-ring (bicyclic) bond motifs is 4. The van der Waals surface area contributed by atoms with E-state index < -0.39 is 5.54 Å². The van der Waals surface area contributed by atoms with E-state index in [1.165, 1.54) is 6.07 Å². The van der Waals surface area contributed by atoms with E-state index in [1.807, 2.05) is 12.1 Å². The molecule has 0 aromatic carbocycles. The van der Waals surface area contributed by atoms with E-state index in [1.54, 1.807) is 0 Å². The van der Waals surface area contributed by atoms with Crippen LogP contribution in [-0.4, -0.2) is 16.7 Å². The summed E-state index contributed by atoms with van der Waals surface area (Å²) in [6, 6.07) is 3.34. The number of H-pyrrole nitrogens is 1. The molecule has 0 aliphatic heterocycles. The number of nitrogens with two attached hydrogens (primary N) is 1. The van der Waals surface area contributed by atoms with Gasteiger partial charge in [0.15, 0.2) is 0 Å². The summed E-state index contributed by atoms with van der Waals surface area (Å²) in [5, 5.41) is 9.40. The normalized spacial score (nSPS) is 32.4. The highest BCUT2D eigenvalue weighted by atomic mass is 16.3. The third kappa shape index (κ3) is 1.71. The van der Waals surface area contributed by atoms with Gasteiger partial charge >= 0.3 is 0 Å². The Bertz CT molecular complexity index is 617. The Morgan fingerprint density at radius 3 is 3.05 bits per heavy atom. The van der Waals surface area contributed by atoms with E-state index in [9.17, 15) is 9.90 Å². The van der Waals surface area contributed by atoms with Gasteiger partial charge in [-0.15, -0.1) is 6.58 Å². The minimum atomic E-state index is -0.572. The zero-order chi connectivity index (χ0) is 13.6. The average molecular weight is 258 g/mol. The van der Waals surface area contributed by atoms with Gasteiger partial charge in [-0.1, -0.05) is 12.2 Å². The van der Waals surface area contributed by atoms with Crippen molar-refractivity contribution in [2.24, 2.45) is 17.6 Å². The predicted molar refractivity (Wildman–Crippen MR) is 73.6 cm³/mol. The van der Waals surface area contributed by atoms with Crippen molar-refractivity contribution in [2.75, 3.05) is 6.61 Å². The molecule has 4 heteroatoms. The highest BCUT2D eigenvalue weighted by molar-refractivity contribution is 5.40. The fourth-order valence-electron chi connectivity index (χ4n) is 3.65. The number of pyridine rings is 1. The van der Waals surface area contributed by atoms with Crippen LogP contribution in [0.1, 0.15) is 17.7 Å². The van der Waals surface area contributed by atoms with Gasteiger partial charge in [-0.05, 0) is 36.0 Å². The van der Waals surface area contributed by atoms with Gasteiger partial charge in [0.05, 0.1) is 12.1 Å². The molecule has 0 saturated carbocycles. The molecular weight excluding hydrogens is 240 g/mol. The fourth-order valence-corrected chi connectivity index (χ4v) is 3.65. The van der Waals surface area contributed by atoms with Gasteiger partial charge in [-0.25, -0.2) is 0 Å². The summed E-state index contributed by atoms with van der Waals surface area (Å²) in [5.41, 5.74) is 8.85. The molecule has 19 heavy (non-hydrogen) atoms. The van der Waals surface area contributed by atoms with E-state index in [-0.39, 0.29) is 24.0 Å². The molecule has 2 aliphatic rings. The lowest BCUT2D eigenvalue weighted by Crippen LogP contribution is -2.53. The van der Waals surface area contributed by atoms with Crippen molar-refractivity contribution < 1.29 is 5.11 Å². The number of aliphatic hydroxyl groups is 1. The summed E-state index contributed by atoms with van der Waals surface area (Å²) >= 11 is 0. The second kappa shape index (κ2) is 4.18. The summed E-state index contributed by atoms with van der Waals surface area (Å²) in [6.45, 7) is 3.95. The van der Waals surface area contributed by atoms with Crippen LogP contribution in [0.25, 0.3) is 0 Å². The zero-order valence-electron chi connectivity index (χ0n) is 10.7. The first kappa shape index (κ1) is 12.4. The van der Waals surface area contributed by atoms with Crippen LogP contribution in [0.4, 0.5) is 0 Å². The molecule has 2 bridgehead atoms. The number of aromatic nitrogens is 1. The lowest BCUT2D eigenvalue weighted by molar-refractivity contribution is 0.203.